The molecule has 1 aromatic heterocycles. The van der Waals surface area contributed by atoms with Crippen LogP contribution < -0.4 is 5.32 Å². The Labute approximate surface area is 109 Å². The van der Waals surface area contributed by atoms with Crippen LogP contribution in [0.1, 0.15) is 17.2 Å². The van der Waals surface area contributed by atoms with Gasteiger partial charge in [0.25, 0.3) is 0 Å². The number of aromatic nitrogens is 4. The molecule has 0 bridgehead atoms. The fourth-order valence-electron chi connectivity index (χ4n) is 2.37. The van der Waals surface area contributed by atoms with Gasteiger partial charge in [-0.3, -0.25) is 4.79 Å². The molecule has 2 atom stereocenters. The predicted molar refractivity (Wildman–Crippen MR) is 64.9 cm³/mol. The van der Waals surface area contributed by atoms with Crippen LogP contribution in [0.5, 0.6) is 0 Å². The van der Waals surface area contributed by atoms with Gasteiger partial charge in [0, 0.05) is 6.42 Å². The number of rotatable bonds is 3. The third kappa shape index (κ3) is 2.32. The van der Waals surface area contributed by atoms with Crippen LogP contribution in [0.2, 0.25) is 0 Å². The van der Waals surface area contributed by atoms with Gasteiger partial charge in [0.2, 0.25) is 5.91 Å². The molecule has 0 unspecified atom stereocenters. The predicted octanol–water partition coefficient (Wildman–Crippen LogP) is -0.552. The van der Waals surface area contributed by atoms with E-state index in [2.05, 4.69) is 20.8 Å². The SMILES string of the molecule is O=C(Cn1cnnn1)N[C@@H]1c2ccccc2C[C@@H]1O. The molecule has 1 aromatic carbocycles. The molecule has 0 saturated carbocycles. The average molecular weight is 259 g/mol. The second kappa shape index (κ2) is 4.77. The summed E-state index contributed by atoms with van der Waals surface area (Å²) in [5.74, 6) is -0.229. The summed E-state index contributed by atoms with van der Waals surface area (Å²) in [5.41, 5.74) is 2.04. The molecular weight excluding hydrogens is 246 g/mol. The summed E-state index contributed by atoms with van der Waals surface area (Å²) in [5, 5.41) is 23.4. The summed E-state index contributed by atoms with van der Waals surface area (Å²) >= 11 is 0. The molecule has 7 nitrogen and oxygen atoms in total. The van der Waals surface area contributed by atoms with E-state index in [0.29, 0.717) is 6.42 Å². The molecule has 0 spiro atoms. The summed E-state index contributed by atoms with van der Waals surface area (Å²) < 4.78 is 1.34. The maximum Gasteiger partial charge on any atom is 0.242 e. The van der Waals surface area contributed by atoms with E-state index in [1.807, 2.05) is 24.3 Å². The van der Waals surface area contributed by atoms with E-state index in [0.717, 1.165) is 11.1 Å². The van der Waals surface area contributed by atoms with E-state index < -0.39 is 6.10 Å². The maximum absolute atomic E-state index is 11.9. The van der Waals surface area contributed by atoms with Crippen molar-refractivity contribution in [2.75, 3.05) is 0 Å². The van der Waals surface area contributed by atoms with Crippen LogP contribution in [0.25, 0.3) is 0 Å². The number of hydrogen-bond donors (Lipinski definition) is 2. The number of carbonyl (C=O) groups is 1. The van der Waals surface area contributed by atoms with E-state index in [9.17, 15) is 9.90 Å². The lowest BCUT2D eigenvalue weighted by molar-refractivity contribution is -0.123. The minimum Gasteiger partial charge on any atom is -0.390 e. The van der Waals surface area contributed by atoms with E-state index in [1.165, 1.54) is 11.0 Å². The summed E-state index contributed by atoms with van der Waals surface area (Å²) in [4.78, 5) is 11.9. The molecule has 1 aliphatic carbocycles. The van der Waals surface area contributed by atoms with Crippen LogP contribution in [0, 0.1) is 0 Å². The lowest BCUT2D eigenvalue weighted by atomic mass is 10.1. The monoisotopic (exact) mass is 259 g/mol. The molecule has 1 amide bonds. The number of nitrogens with zero attached hydrogens (tertiary/aromatic N) is 4. The molecule has 2 N–H and O–H groups in total. The first-order chi connectivity index (χ1) is 9.24. The van der Waals surface area contributed by atoms with Crippen molar-refractivity contribution in [3.05, 3.63) is 41.7 Å². The van der Waals surface area contributed by atoms with Gasteiger partial charge in [0.05, 0.1) is 12.1 Å². The Balaban J connectivity index is 1.71. The van der Waals surface area contributed by atoms with Gasteiger partial charge >= 0.3 is 0 Å². The van der Waals surface area contributed by atoms with E-state index in [1.54, 1.807) is 0 Å². The van der Waals surface area contributed by atoms with Gasteiger partial charge in [0.15, 0.2) is 0 Å². The minimum atomic E-state index is -0.588. The van der Waals surface area contributed by atoms with Crippen LogP contribution >= 0.6 is 0 Å². The van der Waals surface area contributed by atoms with Crippen molar-refractivity contribution in [3.8, 4) is 0 Å². The standard InChI is InChI=1S/C12H13N5O2/c18-10-5-8-3-1-2-4-9(8)12(10)14-11(19)6-17-7-13-15-16-17/h1-4,7,10,12,18H,5-6H2,(H,14,19)/t10-,12+/m0/s1. The number of nitrogens with one attached hydrogen (secondary N) is 1. The minimum absolute atomic E-state index is 0.0401. The first-order valence-electron chi connectivity index (χ1n) is 6.00. The lowest BCUT2D eigenvalue weighted by Gasteiger charge is -2.17. The molecule has 19 heavy (non-hydrogen) atoms. The zero-order valence-corrected chi connectivity index (χ0v) is 10.1. The number of benzene rings is 1. The van der Waals surface area contributed by atoms with Crippen molar-refractivity contribution in [1.29, 1.82) is 0 Å². The van der Waals surface area contributed by atoms with Crippen molar-refractivity contribution in [2.24, 2.45) is 0 Å². The summed E-state index contributed by atoms with van der Waals surface area (Å²) in [6.45, 7) is 0.0401. The zero-order valence-electron chi connectivity index (χ0n) is 10.1. The Morgan fingerprint density at radius 2 is 2.32 bits per heavy atom. The van der Waals surface area contributed by atoms with Crippen LogP contribution in [0.15, 0.2) is 30.6 Å². The maximum atomic E-state index is 11.9. The number of fused-ring (bicyclic) bond motifs is 1. The van der Waals surface area contributed by atoms with Crippen molar-refractivity contribution in [2.45, 2.75) is 25.1 Å². The molecule has 0 aliphatic heterocycles. The van der Waals surface area contributed by atoms with Gasteiger partial charge in [-0.2, -0.15) is 0 Å². The highest BCUT2D eigenvalue weighted by Gasteiger charge is 2.31. The van der Waals surface area contributed by atoms with Crippen molar-refractivity contribution in [3.63, 3.8) is 0 Å². The second-order valence-electron chi connectivity index (χ2n) is 4.52. The Morgan fingerprint density at radius 3 is 3.11 bits per heavy atom. The number of tetrazole rings is 1. The van der Waals surface area contributed by atoms with E-state index >= 15 is 0 Å². The normalized spacial score (nSPS) is 21.1. The van der Waals surface area contributed by atoms with Crippen LogP contribution in [-0.4, -0.2) is 37.3 Å². The average Bonchev–Trinajstić information content (AvgIpc) is 2.99. The molecule has 1 aliphatic rings. The number of aliphatic hydroxyl groups excluding tert-OH is 1. The topological polar surface area (TPSA) is 92.9 Å². The third-order valence-corrected chi connectivity index (χ3v) is 3.22. The molecule has 3 rings (SSSR count). The highest BCUT2D eigenvalue weighted by molar-refractivity contribution is 5.76. The summed E-state index contributed by atoms with van der Waals surface area (Å²) in [7, 11) is 0. The van der Waals surface area contributed by atoms with E-state index in [4.69, 9.17) is 0 Å². The summed E-state index contributed by atoms with van der Waals surface area (Å²) in [6.07, 6.45) is 1.35. The zero-order chi connectivity index (χ0) is 13.2. The number of amides is 1. The molecule has 0 radical (unpaired) electrons. The highest BCUT2D eigenvalue weighted by Crippen LogP contribution is 2.31. The molecule has 0 fully saturated rings. The van der Waals surface area contributed by atoms with Gasteiger partial charge < -0.3 is 10.4 Å². The Bertz CT molecular complexity index is 584. The van der Waals surface area contributed by atoms with Crippen LogP contribution in [0.4, 0.5) is 0 Å². The third-order valence-electron chi connectivity index (χ3n) is 3.22. The Kier molecular flexibility index (Phi) is 2.96. The molecular formula is C12H13N5O2. The van der Waals surface area contributed by atoms with Crippen molar-refractivity contribution < 1.29 is 9.90 Å². The molecule has 0 saturated heterocycles. The molecule has 7 heteroatoms. The van der Waals surface area contributed by atoms with Crippen LogP contribution in [-0.2, 0) is 17.8 Å². The molecule has 98 valence electrons. The fourth-order valence-corrected chi connectivity index (χ4v) is 2.37. The van der Waals surface area contributed by atoms with Gasteiger partial charge in [-0.1, -0.05) is 24.3 Å². The Hall–Kier alpha value is -2.28. The largest absolute Gasteiger partial charge is 0.390 e. The smallest absolute Gasteiger partial charge is 0.242 e. The number of hydrogen-bond acceptors (Lipinski definition) is 5. The van der Waals surface area contributed by atoms with Crippen LogP contribution in [0.3, 0.4) is 0 Å². The molecule has 2 aromatic rings. The van der Waals surface area contributed by atoms with Crippen molar-refractivity contribution >= 4 is 5.91 Å². The van der Waals surface area contributed by atoms with Crippen molar-refractivity contribution in [1.82, 2.24) is 25.5 Å². The van der Waals surface area contributed by atoms with Gasteiger partial charge in [0.1, 0.15) is 12.9 Å². The second-order valence-corrected chi connectivity index (χ2v) is 4.52. The van der Waals surface area contributed by atoms with E-state index in [-0.39, 0.29) is 18.5 Å². The first kappa shape index (κ1) is 11.8. The molecule has 1 heterocycles. The Morgan fingerprint density at radius 1 is 1.47 bits per heavy atom. The van der Waals surface area contributed by atoms with Gasteiger partial charge in [-0.15, -0.1) is 5.10 Å². The van der Waals surface area contributed by atoms with Gasteiger partial charge in [-0.05, 0) is 21.6 Å². The highest BCUT2D eigenvalue weighted by atomic mass is 16.3. The number of aliphatic hydroxyl groups is 1. The number of carbonyl (C=O) groups excluding carboxylic acids is 1. The fraction of sp³-hybridized carbons (Fsp3) is 0.333. The summed E-state index contributed by atoms with van der Waals surface area (Å²) in [6, 6.07) is 7.36. The van der Waals surface area contributed by atoms with Gasteiger partial charge in [-0.25, -0.2) is 4.68 Å². The first-order valence-corrected chi connectivity index (χ1v) is 6.00. The lowest BCUT2D eigenvalue weighted by Crippen LogP contribution is -2.36. The quantitative estimate of drug-likeness (QED) is 0.771.